The Morgan fingerprint density at radius 1 is 1.53 bits per heavy atom. The molecular formula is C13H18ClN3O2. The monoisotopic (exact) mass is 283 g/mol. The van der Waals surface area contributed by atoms with Gasteiger partial charge in [0, 0.05) is 24.8 Å². The van der Waals surface area contributed by atoms with Crippen molar-refractivity contribution in [1.82, 2.24) is 9.88 Å². The van der Waals surface area contributed by atoms with Crippen LogP contribution in [0.25, 0.3) is 0 Å². The third-order valence-corrected chi connectivity index (χ3v) is 3.59. The van der Waals surface area contributed by atoms with Crippen LogP contribution in [0.3, 0.4) is 0 Å². The van der Waals surface area contributed by atoms with Crippen molar-refractivity contribution in [1.29, 1.82) is 0 Å². The molecule has 1 aromatic rings. The number of aliphatic hydroxyl groups is 1. The average molecular weight is 284 g/mol. The van der Waals surface area contributed by atoms with Crippen LogP contribution in [-0.2, 0) is 0 Å². The number of anilines is 1. The first kappa shape index (κ1) is 14.1. The number of carbonyl (C=O) groups excluding carboxylic acids is 1. The lowest BCUT2D eigenvalue weighted by Gasteiger charge is -2.37. The largest absolute Gasteiger partial charge is 0.396 e. The van der Waals surface area contributed by atoms with Gasteiger partial charge in [-0.15, -0.1) is 0 Å². The second kappa shape index (κ2) is 6.21. The van der Waals surface area contributed by atoms with Gasteiger partial charge < -0.3 is 15.7 Å². The van der Waals surface area contributed by atoms with E-state index in [1.165, 1.54) is 6.07 Å². The maximum Gasteiger partial charge on any atom is 0.254 e. The minimum Gasteiger partial charge on any atom is -0.396 e. The van der Waals surface area contributed by atoms with Crippen molar-refractivity contribution in [3.05, 3.63) is 22.8 Å². The van der Waals surface area contributed by atoms with Gasteiger partial charge in [0.05, 0.1) is 0 Å². The van der Waals surface area contributed by atoms with Crippen LogP contribution < -0.4 is 5.73 Å². The Kier molecular flexibility index (Phi) is 4.61. The Balaban J connectivity index is 2.17. The minimum absolute atomic E-state index is 0.0791. The smallest absolute Gasteiger partial charge is 0.254 e. The number of rotatable bonds is 5. The van der Waals surface area contributed by atoms with Crippen LogP contribution >= 0.6 is 11.6 Å². The summed E-state index contributed by atoms with van der Waals surface area (Å²) < 4.78 is 0. The summed E-state index contributed by atoms with van der Waals surface area (Å²) in [6.45, 7) is 0.635. The number of nitrogens with two attached hydrogens (primary N) is 1. The highest BCUT2D eigenvalue weighted by Gasteiger charge is 2.29. The van der Waals surface area contributed by atoms with Crippen LogP contribution in [0.5, 0.6) is 0 Å². The van der Waals surface area contributed by atoms with Gasteiger partial charge in [0.1, 0.15) is 11.0 Å². The van der Waals surface area contributed by atoms with Gasteiger partial charge in [0.2, 0.25) is 0 Å². The lowest BCUT2D eigenvalue weighted by atomic mass is 9.91. The third kappa shape index (κ3) is 3.36. The number of nitrogens with zero attached hydrogens (tertiary/aromatic N) is 2. The first-order valence-corrected chi connectivity index (χ1v) is 6.84. The van der Waals surface area contributed by atoms with E-state index < -0.39 is 0 Å². The van der Waals surface area contributed by atoms with Gasteiger partial charge in [-0.2, -0.15) is 0 Å². The number of carbonyl (C=O) groups is 1. The molecule has 1 heterocycles. The van der Waals surface area contributed by atoms with Crippen molar-refractivity contribution in [3.63, 3.8) is 0 Å². The van der Waals surface area contributed by atoms with E-state index in [0.29, 0.717) is 18.5 Å². The van der Waals surface area contributed by atoms with Crippen LogP contribution in [0.15, 0.2) is 12.1 Å². The molecule has 0 bridgehead atoms. The topological polar surface area (TPSA) is 79.5 Å². The molecule has 1 fully saturated rings. The number of halogens is 1. The summed E-state index contributed by atoms with van der Waals surface area (Å²) in [5, 5.41) is 9.16. The van der Waals surface area contributed by atoms with E-state index >= 15 is 0 Å². The van der Waals surface area contributed by atoms with Crippen LogP contribution in [-0.4, -0.2) is 40.1 Å². The molecule has 3 N–H and O–H groups in total. The van der Waals surface area contributed by atoms with Gasteiger partial charge in [-0.25, -0.2) is 4.98 Å². The van der Waals surface area contributed by atoms with Crippen molar-refractivity contribution >= 4 is 23.3 Å². The standard InChI is InChI=1S/C13H18ClN3O2/c14-11-7-9(8-12(15)16-11)13(19)17(5-2-6-18)10-3-1-4-10/h7-8,10,18H,1-6H2,(H2,15,16). The van der Waals surface area contributed by atoms with Crippen molar-refractivity contribution in [2.24, 2.45) is 0 Å². The van der Waals surface area contributed by atoms with Crippen molar-refractivity contribution in [3.8, 4) is 0 Å². The van der Waals surface area contributed by atoms with E-state index in [-0.39, 0.29) is 29.5 Å². The Bertz CT molecular complexity index is 443. The molecular weight excluding hydrogens is 266 g/mol. The molecule has 5 nitrogen and oxygen atoms in total. The average Bonchev–Trinajstić information content (AvgIpc) is 2.29. The summed E-state index contributed by atoms with van der Waals surface area (Å²) >= 11 is 5.83. The van der Waals surface area contributed by atoms with E-state index in [1.807, 2.05) is 4.90 Å². The molecule has 1 aliphatic rings. The summed E-state index contributed by atoms with van der Waals surface area (Å²) in [6.07, 6.45) is 3.76. The lowest BCUT2D eigenvalue weighted by Crippen LogP contribution is -2.45. The van der Waals surface area contributed by atoms with E-state index in [9.17, 15) is 4.79 Å². The van der Waals surface area contributed by atoms with Crippen LogP contribution in [0.4, 0.5) is 5.82 Å². The van der Waals surface area contributed by atoms with Crippen LogP contribution in [0.1, 0.15) is 36.0 Å². The molecule has 0 atom stereocenters. The highest BCUT2D eigenvalue weighted by Crippen LogP contribution is 2.27. The zero-order valence-corrected chi connectivity index (χ0v) is 11.4. The number of hydrogen-bond acceptors (Lipinski definition) is 4. The van der Waals surface area contributed by atoms with Gasteiger partial charge >= 0.3 is 0 Å². The molecule has 0 aromatic carbocycles. The fraction of sp³-hybridized carbons (Fsp3) is 0.538. The molecule has 0 saturated heterocycles. The third-order valence-electron chi connectivity index (χ3n) is 3.39. The summed E-state index contributed by atoms with van der Waals surface area (Å²) in [5.41, 5.74) is 6.07. The van der Waals surface area contributed by atoms with E-state index in [1.54, 1.807) is 6.07 Å². The van der Waals surface area contributed by atoms with Gasteiger partial charge in [0.15, 0.2) is 0 Å². The Morgan fingerprint density at radius 2 is 2.26 bits per heavy atom. The lowest BCUT2D eigenvalue weighted by molar-refractivity contribution is 0.0562. The number of pyridine rings is 1. The highest BCUT2D eigenvalue weighted by atomic mass is 35.5. The molecule has 0 spiro atoms. The molecule has 1 amide bonds. The van der Waals surface area contributed by atoms with Gasteiger partial charge in [-0.1, -0.05) is 11.6 Å². The van der Waals surface area contributed by atoms with E-state index in [0.717, 1.165) is 19.3 Å². The fourth-order valence-corrected chi connectivity index (χ4v) is 2.41. The number of aromatic nitrogens is 1. The van der Waals surface area contributed by atoms with Crippen molar-refractivity contribution in [2.45, 2.75) is 31.7 Å². The van der Waals surface area contributed by atoms with Gasteiger partial charge in [0.25, 0.3) is 5.91 Å². The zero-order valence-electron chi connectivity index (χ0n) is 10.7. The second-order valence-corrected chi connectivity index (χ2v) is 5.15. The van der Waals surface area contributed by atoms with E-state index in [4.69, 9.17) is 22.4 Å². The molecule has 1 aromatic heterocycles. The van der Waals surface area contributed by atoms with Gasteiger partial charge in [-0.05, 0) is 37.8 Å². The van der Waals surface area contributed by atoms with Gasteiger partial charge in [-0.3, -0.25) is 4.79 Å². The number of nitrogen functional groups attached to an aromatic ring is 1. The first-order valence-electron chi connectivity index (χ1n) is 6.46. The van der Waals surface area contributed by atoms with Crippen LogP contribution in [0.2, 0.25) is 5.15 Å². The molecule has 19 heavy (non-hydrogen) atoms. The van der Waals surface area contributed by atoms with E-state index in [2.05, 4.69) is 4.98 Å². The highest BCUT2D eigenvalue weighted by molar-refractivity contribution is 6.29. The first-order chi connectivity index (χ1) is 9.11. The molecule has 0 aliphatic heterocycles. The Labute approximate surface area is 117 Å². The zero-order chi connectivity index (χ0) is 13.8. The predicted molar refractivity (Wildman–Crippen MR) is 74.0 cm³/mol. The maximum atomic E-state index is 12.5. The summed E-state index contributed by atoms with van der Waals surface area (Å²) in [4.78, 5) is 18.2. The normalized spacial score (nSPS) is 15.1. The SMILES string of the molecule is Nc1cc(C(=O)N(CCCO)C2CCC2)cc(Cl)n1. The molecule has 6 heteroatoms. The molecule has 0 unspecified atom stereocenters. The fourth-order valence-electron chi connectivity index (χ4n) is 2.20. The summed E-state index contributed by atoms with van der Waals surface area (Å²) in [7, 11) is 0. The molecule has 2 rings (SSSR count). The summed E-state index contributed by atoms with van der Waals surface area (Å²) in [5.74, 6) is 0.153. The number of aliphatic hydroxyl groups excluding tert-OH is 1. The van der Waals surface area contributed by atoms with Crippen molar-refractivity contribution < 1.29 is 9.90 Å². The quantitative estimate of drug-likeness (QED) is 0.806. The number of amides is 1. The molecule has 1 saturated carbocycles. The summed E-state index contributed by atoms with van der Waals surface area (Å²) in [6, 6.07) is 3.34. The molecule has 104 valence electrons. The molecule has 1 aliphatic carbocycles. The predicted octanol–water partition coefficient (Wildman–Crippen LogP) is 1.69. The molecule has 0 radical (unpaired) electrons. The number of hydrogen-bond donors (Lipinski definition) is 2. The Hall–Kier alpha value is -1.33. The van der Waals surface area contributed by atoms with Crippen molar-refractivity contribution in [2.75, 3.05) is 18.9 Å². The Morgan fingerprint density at radius 3 is 2.79 bits per heavy atom. The second-order valence-electron chi connectivity index (χ2n) is 4.76. The maximum absolute atomic E-state index is 12.5. The van der Waals surface area contributed by atoms with Crippen LogP contribution in [0, 0.1) is 0 Å². The minimum atomic E-state index is -0.0887.